The molecular formula is C12H15ClO2. The van der Waals surface area contributed by atoms with E-state index in [-0.39, 0.29) is 11.4 Å². The molecule has 0 spiro atoms. The highest BCUT2D eigenvalue weighted by molar-refractivity contribution is 6.30. The molecule has 0 atom stereocenters. The van der Waals surface area contributed by atoms with E-state index in [0.717, 1.165) is 5.56 Å². The third kappa shape index (κ3) is 2.72. The summed E-state index contributed by atoms with van der Waals surface area (Å²) < 4.78 is 4.73. The van der Waals surface area contributed by atoms with Gasteiger partial charge in [0.05, 0.1) is 12.7 Å². The molecule has 1 aromatic rings. The predicted octanol–water partition coefficient (Wildman–Crippen LogP) is 3.42. The number of halogens is 1. The summed E-state index contributed by atoms with van der Waals surface area (Å²) in [5.74, 6) is -0.323. The average Bonchev–Trinajstić information content (AvgIpc) is 2.15. The van der Waals surface area contributed by atoms with Crippen molar-refractivity contribution in [2.75, 3.05) is 7.11 Å². The lowest BCUT2D eigenvalue weighted by molar-refractivity contribution is 0.0598. The fourth-order valence-electron chi connectivity index (χ4n) is 1.42. The molecule has 0 aliphatic carbocycles. The van der Waals surface area contributed by atoms with Crippen molar-refractivity contribution in [3.05, 3.63) is 34.3 Å². The number of methoxy groups -OCH3 is 1. The van der Waals surface area contributed by atoms with Crippen molar-refractivity contribution in [1.82, 2.24) is 0 Å². The summed E-state index contributed by atoms with van der Waals surface area (Å²) in [4.78, 5) is 11.5. The highest BCUT2D eigenvalue weighted by Crippen LogP contribution is 2.28. The summed E-state index contributed by atoms with van der Waals surface area (Å²) in [6.45, 7) is 6.10. The number of rotatable bonds is 1. The molecule has 0 aliphatic heterocycles. The third-order valence-corrected chi connectivity index (χ3v) is 2.43. The number of benzene rings is 1. The largest absolute Gasteiger partial charge is 0.465 e. The molecule has 0 amide bonds. The monoisotopic (exact) mass is 226 g/mol. The molecule has 1 aromatic carbocycles. The molecular weight excluding hydrogens is 212 g/mol. The van der Waals surface area contributed by atoms with Gasteiger partial charge in [-0.1, -0.05) is 32.4 Å². The van der Waals surface area contributed by atoms with E-state index in [0.29, 0.717) is 10.6 Å². The van der Waals surface area contributed by atoms with Crippen LogP contribution in [0.1, 0.15) is 36.7 Å². The minimum atomic E-state index is -0.323. The molecule has 0 saturated carbocycles. The molecule has 0 heterocycles. The molecule has 0 unspecified atom stereocenters. The standard InChI is InChI=1S/C12H15ClO2/c1-12(2,3)10-7-8(13)5-6-9(10)11(14)15-4/h5-7H,1-4H3. The van der Waals surface area contributed by atoms with E-state index in [1.165, 1.54) is 7.11 Å². The Hall–Kier alpha value is -1.02. The van der Waals surface area contributed by atoms with Crippen molar-refractivity contribution in [1.29, 1.82) is 0 Å². The van der Waals surface area contributed by atoms with Gasteiger partial charge in [-0.15, -0.1) is 0 Å². The van der Waals surface area contributed by atoms with E-state index in [1.807, 2.05) is 26.8 Å². The fraction of sp³-hybridized carbons (Fsp3) is 0.417. The molecule has 82 valence electrons. The second-order valence-corrected chi connectivity index (χ2v) is 4.87. The molecule has 2 nitrogen and oxygen atoms in total. The van der Waals surface area contributed by atoms with Gasteiger partial charge in [-0.3, -0.25) is 0 Å². The summed E-state index contributed by atoms with van der Waals surface area (Å²) in [6, 6.07) is 5.21. The molecule has 0 aliphatic rings. The molecule has 0 radical (unpaired) electrons. The summed E-state index contributed by atoms with van der Waals surface area (Å²) in [5.41, 5.74) is 1.35. The maximum absolute atomic E-state index is 11.5. The summed E-state index contributed by atoms with van der Waals surface area (Å²) in [7, 11) is 1.38. The van der Waals surface area contributed by atoms with Gasteiger partial charge in [0.2, 0.25) is 0 Å². The highest BCUT2D eigenvalue weighted by atomic mass is 35.5. The van der Waals surface area contributed by atoms with E-state index < -0.39 is 0 Å². The Morgan fingerprint density at radius 3 is 2.40 bits per heavy atom. The van der Waals surface area contributed by atoms with Gasteiger partial charge in [0, 0.05) is 5.02 Å². The summed E-state index contributed by atoms with van der Waals surface area (Å²) >= 11 is 5.92. The quantitative estimate of drug-likeness (QED) is 0.686. The number of carbonyl (C=O) groups excluding carboxylic acids is 1. The van der Waals surface area contributed by atoms with E-state index in [2.05, 4.69) is 0 Å². The maximum Gasteiger partial charge on any atom is 0.338 e. The van der Waals surface area contributed by atoms with Crippen molar-refractivity contribution in [2.45, 2.75) is 26.2 Å². The van der Waals surface area contributed by atoms with Crippen molar-refractivity contribution in [2.24, 2.45) is 0 Å². The van der Waals surface area contributed by atoms with E-state index in [9.17, 15) is 4.79 Å². The van der Waals surface area contributed by atoms with E-state index >= 15 is 0 Å². The van der Waals surface area contributed by atoms with Crippen LogP contribution in [-0.4, -0.2) is 13.1 Å². The fourth-order valence-corrected chi connectivity index (χ4v) is 1.60. The van der Waals surface area contributed by atoms with Crippen LogP contribution in [0.3, 0.4) is 0 Å². The zero-order valence-electron chi connectivity index (χ0n) is 9.43. The Bertz CT molecular complexity index is 378. The normalized spacial score (nSPS) is 11.3. The summed E-state index contributed by atoms with van der Waals surface area (Å²) in [6.07, 6.45) is 0. The van der Waals surface area contributed by atoms with Gasteiger partial charge in [-0.25, -0.2) is 4.79 Å². The molecule has 3 heteroatoms. The Morgan fingerprint density at radius 1 is 1.33 bits per heavy atom. The molecule has 15 heavy (non-hydrogen) atoms. The highest BCUT2D eigenvalue weighted by Gasteiger charge is 2.22. The Kier molecular flexibility index (Phi) is 3.40. The maximum atomic E-state index is 11.5. The van der Waals surface area contributed by atoms with Crippen LogP contribution >= 0.6 is 11.6 Å². The molecule has 0 fully saturated rings. The van der Waals surface area contributed by atoms with E-state index in [4.69, 9.17) is 16.3 Å². The minimum absolute atomic E-state index is 0.131. The third-order valence-electron chi connectivity index (χ3n) is 2.19. The van der Waals surface area contributed by atoms with Crippen LogP contribution in [0.15, 0.2) is 18.2 Å². The van der Waals surface area contributed by atoms with Gasteiger partial charge in [-0.05, 0) is 29.2 Å². The number of carbonyl (C=O) groups is 1. The van der Waals surface area contributed by atoms with Gasteiger partial charge < -0.3 is 4.74 Å². The Labute approximate surface area is 95.2 Å². The predicted molar refractivity (Wildman–Crippen MR) is 61.5 cm³/mol. The van der Waals surface area contributed by atoms with Gasteiger partial charge in [0.15, 0.2) is 0 Å². The number of esters is 1. The first-order valence-corrected chi connectivity index (χ1v) is 5.12. The second-order valence-electron chi connectivity index (χ2n) is 4.43. The van der Waals surface area contributed by atoms with Crippen LogP contribution in [0.4, 0.5) is 0 Å². The first-order valence-electron chi connectivity index (χ1n) is 4.74. The smallest absolute Gasteiger partial charge is 0.338 e. The lowest BCUT2D eigenvalue weighted by atomic mass is 9.84. The Balaban J connectivity index is 3.33. The summed E-state index contributed by atoms with van der Waals surface area (Å²) in [5, 5.41) is 0.632. The Morgan fingerprint density at radius 2 is 1.93 bits per heavy atom. The zero-order chi connectivity index (χ0) is 11.6. The van der Waals surface area contributed by atoms with Crippen molar-refractivity contribution in [3.8, 4) is 0 Å². The topological polar surface area (TPSA) is 26.3 Å². The van der Waals surface area contributed by atoms with Crippen LogP contribution in [0.5, 0.6) is 0 Å². The van der Waals surface area contributed by atoms with Gasteiger partial charge in [0.1, 0.15) is 0 Å². The average molecular weight is 227 g/mol. The zero-order valence-corrected chi connectivity index (χ0v) is 10.2. The van der Waals surface area contributed by atoms with Gasteiger partial charge in [-0.2, -0.15) is 0 Å². The number of ether oxygens (including phenoxy) is 1. The van der Waals surface area contributed by atoms with Crippen LogP contribution in [-0.2, 0) is 10.2 Å². The minimum Gasteiger partial charge on any atom is -0.465 e. The first kappa shape index (κ1) is 12.1. The number of hydrogen-bond acceptors (Lipinski definition) is 2. The lowest BCUT2D eigenvalue weighted by Gasteiger charge is -2.22. The van der Waals surface area contributed by atoms with Crippen LogP contribution in [0, 0.1) is 0 Å². The lowest BCUT2D eigenvalue weighted by Crippen LogP contribution is -2.17. The van der Waals surface area contributed by atoms with Crippen LogP contribution in [0.25, 0.3) is 0 Å². The molecule has 0 N–H and O–H groups in total. The molecule has 0 saturated heterocycles. The molecule has 0 bridgehead atoms. The molecule has 0 aromatic heterocycles. The molecule has 1 rings (SSSR count). The van der Waals surface area contributed by atoms with Crippen molar-refractivity contribution in [3.63, 3.8) is 0 Å². The number of hydrogen-bond donors (Lipinski definition) is 0. The van der Waals surface area contributed by atoms with E-state index in [1.54, 1.807) is 12.1 Å². The first-order chi connectivity index (χ1) is 6.86. The van der Waals surface area contributed by atoms with Crippen molar-refractivity contribution < 1.29 is 9.53 Å². The van der Waals surface area contributed by atoms with Crippen LogP contribution < -0.4 is 0 Å². The van der Waals surface area contributed by atoms with Gasteiger partial charge in [0.25, 0.3) is 0 Å². The van der Waals surface area contributed by atoms with Crippen molar-refractivity contribution >= 4 is 17.6 Å². The van der Waals surface area contributed by atoms with Gasteiger partial charge >= 0.3 is 5.97 Å². The SMILES string of the molecule is COC(=O)c1ccc(Cl)cc1C(C)(C)C. The van der Waals surface area contributed by atoms with Crippen LogP contribution in [0.2, 0.25) is 5.02 Å². The second kappa shape index (κ2) is 4.23.